The van der Waals surface area contributed by atoms with Crippen molar-refractivity contribution in [2.24, 2.45) is 0 Å². The molecular formula is C20H26N2O5. The zero-order valence-corrected chi connectivity index (χ0v) is 16.0. The van der Waals surface area contributed by atoms with E-state index < -0.39 is 17.4 Å². The molecule has 2 aliphatic rings. The molecular weight excluding hydrogens is 348 g/mol. The molecule has 0 aromatic heterocycles. The average Bonchev–Trinajstić information content (AvgIpc) is 2.61. The Balaban J connectivity index is 1.89. The Morgan fingerprint density at radius 1 is 1.22 bits per heavy atom. The van der Waals surface area contributed by atoms with Gasteiger partial charge in [-0.05, 0) is 45.2 Å². The van der Waals surface area contributed by atoms with E-state index in [-0.39, 0.29) is 18.0 Å². The number of carboxylic acids is 1. The van der Waals surface area contributed by atoms with E-state index in [1.165, 1.54) is 0 Å². The lowest BCUT2D eigenvalue weighted by Crippen LogP contribution is -2.62. The Hall–Kier alpha value is -2.57. The molecule has 0 radical (unpaired) electrons. The number of carbonyl (C=O) groups is 3. The van der Waals surface area contributed by atoms with Gasteiger partial charge in [0.1, 0.15) is 5.92 Å². The van der Waals surface area contributed by atoms with Gasteiger partial charge in [0.15, 0.2) is 0 Å². The highest BCUT2D eigenvalue weighted by Crippen LogP contribution is 2.43. The molecule has 1 fully saturated rings. The maximum Gasteiger partial charge on any atom is 0.409 e. The van der Waals surface area contributed by atoms with Gasteiger partial charge >= 0.3 is 12.1 Å². The predicted octanol–water partition coefficient (Wildman–Crippen LogP) is 2.71. The van der Waals surface area contributed by atoms with Crippen LogP contribution in [0.3, 0.4) is 0 Å². The third-order valence-electron chi connectivity index (χ3n) is 5.65. The Morgan fingerprint density at radius 3 is 2.44 bits per heavy atom. The predicted molar refractivity (Wildman–Crippen MR) is 98.7 cm³/mol. The van der Waals surface area contributed by atoms with Crippen molar-refractivity contribution in [1.29, 1.82) is 0 Å². The number of fused-ring (bicyclic) bond motifs is 1. The Kier molecular flexibility index (Phi) is 5.13. The fourth-order valence-corrected chi connectivity index (χ4v) is 4.45. The van der Waals surface area contributed by atoms with Crippen LogP contribution < -0.4 is 0 Å². The van der Waals surface area contributed by atoms with Crippen LogP contribution in [0.1, 0.15) is 55.5 Å². The van der Waals surface area contributed by atoms with Crippen molar-refractivity contribution in [1.82, 2.24) is 9.80 Å². The van der Waals surface area contributed by atoms with Crippen molar-refractivity contribution in [3.8, 4) is 0 Å². The van der Waals surface area contributed by atoms with E-state index in [1.54, 1.807) is 41.0 Å². The molecule has 2 amide bonds. The number of nitrogens with zero attached hydrogens (tertiary/aromatic N) is 2. The van der Waals surface area contributed by atoms with Crippen LogP contribution in [0.4, 0.5) is 4.79 Å². The molecule has 0 spiro atoms. The smallest absolute Gasteiger partial charge is 0.409 e. The molecule has 0 bridgehead atoms. The summed E-state index contributed by atoms with van der Waals surface area (Å²) in [5.41, 5.74) is 0.158. The van der Waals surface area contributed by atoms with Crippen LogP contribution in [-0.4, -0.2) is 64.2 Å². The summed E-state index contributed by atoms with van der Waals surface area (Å²) in [5, 5.41) is 9.89. The largest absolute Gasteiger partial charge is 0.481 e. The molecule has 0 saturated carbocycles. The molecule has 1 unspecified atom stereocenters. The van der Waals surface area contributed by atoms with E-state index in [0.717, 1.165) is 0 Å². The Morgan fingerprint density at radius 2 is 1.85 bits per heavy atom. The second kappa shape index (κ2) is 7.21. The van der Waals surface area contributed by atoms with Crippen LogP contribution in [0.2, 0.25) is 0 Å². The normalized spacial score (nSPS) is 22.3. The minimum absolute atomic E-state index is 0.117. The second-order valence-electron chi connectivity index (χ2n) is 7.60. The first-order chi connectivity index (χ1) is 12.8. The minimum atomic E-state index is -0.936. The lowest BCUT2D eigenvalue weighted by atomic mass is 9.73. The van der Waals surface area contributed by atoms with Gasteiger partial charge in [-0.25, -0.2) is 4.79 Å². The van der Waals surface area contributed by atoms with Gasteiger partial charge in [-0.1, -0.05) is 18.2 Å². The molecule has 1 saturated heterocycles. The summed E-state index contributed by atoms with van der Waals surface area (Å²) in [6, 6.07) is 6.84. The summed E-state index contributed by atoms with van der Waals surface area (Å²) in [5.74, 6) is -1.87. The molecule has 146 valence electrons. The zero-order chi connectivity index (χ0) is 19.8. The molecule has 27 heavy (non-hydrogen) atoms. The molecule has 1 atom stereocenters. The van der Waals surface area contributed by atoms with Crippen molar-refractivity contribution in [3.63, 3.8) is 0 Å². The summed E-state index contributed by atoms with van der Waals surface area (Å²) in [7, 11) is 0. The summed E-state index contributed by atoms with van der Waals surface area (Å²) in [4.78, 5) is 40.6. The highest BCUT2D eigenvalue weighted by molar-refractivity contribution is 6.01. The Labute approximate surface area is 158 Å². The van der Waals surface area contributed by atoms with Crippen molar-refractivity contribution < 1.29 is 24.2 Å². The van der Waals surface area contributed by atoms with Crippen LogP contribution >= 0.6 is 0 Å². The number of aliphatic carboxylic acids is 1. The van der Waals surface area contributed by atoms with Crippen molar-refractivity contribution >= 4 is 18.0 Å². The summed E-state index contributed by atoms with van der Waals surface area (Å²) in [6.07, 6.45) is 0.860. The number of piperidine rings is 1. The quantitative estimate of drug-likeness (QED) is 0.879. The number of hydrogen-bond acceptors (Lipinski definition) is 4. The zero-order valence-electron chi connectivity index (χ0n) is 16.0. The van der Waals surface area contributed by atoms with Crippen molar-refractivity contribution in [2.75, 3.05) is 19.7 Å². The van der Waals surface area contributed by atoms with Crippen LogP contribution in [0.25, 0.3) is 0 Å². The molecule has 3 rings (SSSR count). The van der Waals surface area contributed by atoms with E-state index in [2.05, 4.69) is 0 Å². The van der Waals surface area contributed by atoms with E-state index in [4.69, 9.17) is 4.74 Å². The number of ether oxygens (including phenoxy) is 1. The van der Waals surface area contributed by atoms with Gasteiger partial charge in [-0.2, -0.15) is 0 Å². The van der Waals surface area contributed by atoms with Crippen LogP contribution in [0, 0.1) is 0 Å². The van der Waals surface area contributed by atoms with Gasteiger partial charge < -0.3 is 19.6 Å². The van der Waals surface area contributed by atoms with E-state index in [1.807, 2.05) is 13.8 Å². The van der Waals surface area contributed by atoms with Crippen LogP contribution in [-0.2, 0) is 9.53 Å². The Bertz CT molecular complexity index is 752. The number of likely N-dealkylation sites (tertiary alicyclic amines) is 1. The number of carbonyl (C=O) groups excluding carboxylic acids is 2. The number of hydrogen-bond donors (Lipinski definition) is 1. The van der Waals surface area contributed by atoms with Gasteiger partial charge in [0.2, 0.25) is 0 Å². The summed E-state index contributed by atoms with van der Waals surface area (Å²) < 4.78 is 5.05. The SMILES string of the molecule is CCOC(=O)N1CCC(N2C(=O)c3ccccc3C(C(=O)O)C2(C)C)CC1. The van der Waals surface area contributed by atoms with Crippen molar-refractivity contribution in [3.05, 3.63) is 35.4 Å². The number of rotatable bonds is 3. The van der Waals surface area contributed by atoms with Crippen LogP contribution in [0.15, 0.2) is 24.3 Å². The molecule has 1 aromatic rings. The first-order valence-electron chi connectivity index (χ1n) is 9.36. The highest BCUT2D eigenvalue weighted by atomic mass is 16.6. The van der Waals surface area contributed by atoms with Crippen LogP contribution in [0.5, 0.6) is 0 Å². The molecule has 2 aliphatic heterocycles. The van der Waals surface area contributed by atoms with Gasteiger partial charge in [0.25, 0.3) is 5.91 Å². The van der Waals surface area contributed by atoms with Crippen molar-refractivity contribution in [2.45, 2.75) is 51.1 Å². The lowest BCUT2D eigenvalue weighted by molar-refractivity contribution is -0.142. The molecule has 0 aliphatic carbocycles. The van der Waals surface area contributed by atoms with Gasteiger partial charge in [-0.3, -0.25) is 9.59 Å². The fourth-order valence-electron chi connectivity index (χ4n) is 4.45. The van der Waals surface area contributed by atoms with E-state index in [9.17, 15) is 19.5 Å². The molecule has 1 N–H and O–H groups in total. The van der Waals surface area contributed by atoms with Gasteiger partial charge in [0.05, 0.1) is 12.1 Å². The number of carboxylic acid groups (broad SMARTS) is 1. The minimum Gasteiger partial charge on any atom is -0.481 e. The topological polar surface area (TPSA) is 87.2 Å². The van der Waals surface area contributed by atoms with Gasteiger partial charge in [-0.15, -0.1) is 0 Å². The maximum absolute atomic E-state index is 13.2. The average molecular weight is 374 g/mol. The standard InChI is InChI=1S/C20H26N2O5/c1-4-27-19(26)21-11-9-13(10-12-21)22-17(23)15-8-6-5-7-14(15)16(18(24)25)20(22,2)3/h5-8,13,16H,4,9-12H2,1-3H3,(H,24,25). The summed E-state index contributed by atoms with van der Waals surface area (Å²) in [6.45, 7) is 6.71. The monoisotopic (exact) mass is 374 g/mol. The molecule has 7 nitrogen and oxygen atoms in total. The highest BCUT2D eigenvalue weighted by Gasteiger charge is 2.51. The number of amides is 2. The first-order valence-corrected chi connectivity index (χ1v) is 9.36. The lowest BCUT2D eigenvalue weighted by Gasteiger charge is -2.51. The first kappa shape index (κ1) is 19.2. The molecule has 2 heterocycles. The summed E-state index contributed by atoms with van der Waals surface area (Å²) >= 11 is 0. The molecule has 1 aromatic carbocycles. The van der Waals surface area contributed by atoms with Gasteiger partial charge in [0, 0.05) is 24.7 Å². The van der Waals surface area contributed by atoms with E-state index in [0.29, 0.717) is 43.7 Å². The third-order valence-corrected chi connectivity index (χ3v) is 5.65. The molecule has 7 heteroatoms. The van der Waals surface area contributed by atoms with E-state index >= 15 is 0 Å². The maximum atomic E-state index is 13.2. The number of benzene rings is 1. The third kappa shape index (κ3) is 3.26. The second-order valence-corrected chi connectivity index (χ2v) is 7.60. The fraction of sp³-hybridized carbons (Fsp3) is 0.550.